The van der Waals surface area contributed by atoms with Crippen molar-refractivity contribution in [2.45, 2.75) is 32.4 Å². The number of anilines is 1. The Hall–Kier alpha value is -0.560. The fourth-order valence-electron chi connectivity index (χ4n) is 1.55. The van der Waals surface area contributed by atoms with Crippen molar-refractivity contribution in [1.29, 1.82) is 0 Å². The summed E-state index contributed by atoms with van der Waals surface area (Å²) in [6.07, 6.45) is -1.62. The van der Waals surface area contributed by atoms with E-state index in [1.165, 1.54) is 0 Å². The summed E-state index contributed by atoms with van der Waals surface area (Å²) in [7, 11) is 0. The van der Waals surface area contributed by atoms with E-state index in [1.807, 2.05) is 0 Å². The van der Waals surface area contributed by atoms with Gasteiger partial charge in [-0.05, 0) is 18.8 Å². The Kier molecular flexibility index (Phi) is 6.14. The van der Waals surface area contributed by atoms with Crippen molar-refractivity contribution in [3.63, 3.8) is 0 Å². The van der Waals surface area contributed by atoms with Crippen molar-refractivity contribution in [1.82, 2.24) is 9.36 Å². The van der Waals surface area contributed by atoms with Gasteiger partial charge >= 0.3 is 6.18 Å². The maximum atomic E-state index is 12.3. The summed E-state index contributed by atoms with van der Waals surface area (Å²) in [4.78, 5) is 3.41. The minimum absolute atomic E-state index is 0.206. The third-order valence-electron chi connectivity index (χ3n) is 2.44. The smallest absolute Gasteiger partial charge is 0.360 e. The highest BCUT2D eigenvalue weighted by Crippen LogP contribution is 2.29. The molecule has 104 valence electrons. The standard InChI is InChI=1S/C10H15ClF3N3S/c1-2-3-7(4-5-11)6-15-9-16-8(17-18-9)10(12,13)14/h7H,2-6H2,1H3,(H,15,16,17). The van der Waals surface area contributed by atoms with Crippen molar-refractivity contribution >= 4 is 28.3 Å². The van der Waals surface area contributed by atoms with E-state index in [4.69, 9.17) is 11.6 Å². The van der Waals surface area contributed by atoms with Gasteiger partial charge in [-0.15, -0.1) is 11.6 Å². The van der Waals surface area contributed by atoms with E-state index in [0.717, 1.165) is 30.8 Å². The molecular weight excluding hydrogens is 287 g/mol. The van der Waals surface area contributed by atoms with Gasteiger partial charge in [0.05, 0.1) is 0 Å². The van der Waals surface area contributed by atoms with Gasteiger partial charge in [0.2, 0.25) is 11.0 Å². The molecule has 0 aliphatic heterocycles. The normalized spacial score (nSPS) is 13.6. The van der Waals surface area contributed by atoms with Crippen LogP contribution in [0.15, 0.2) is 0 Å². The number of nitrogens with one attached hydrogen (secondary N) is 1. The maximum Gasteiger partial charge on any atom is 0.452 e. The Morgan fingerprint density at radius 3 is 2.61 bits per heavy atom. The first-order chi connectivity index (χ1) is 8.47. The summed E-state index contributed by atoms with van der Waals surface area (Å²) in [6.45, 7) is 2.64. The highest BCUT2D eigenvalue weighted by atomic mass is 35.5. The summed E-state index contributed by atoms with van der Waals surface area (Å²) in [5.74, 6) is -0.180. The minimum Gasteiger partial charge on any atom is -0.360 e. The quantitative estimate of drug-likeness (QED) is 0.773. The van der Waals surface area contributed by atoms with E-state index in [9.17, 15) is 13.2 Å². The van der Waals surface area contributed by atoms with E-state index >= 15 is 0 Å². The highest BCUT2D eigenvalue weighted by Gasteiger charge is 2.36. The molecule has 0 radical (unpaired) electrons. The van der Waals surface area contributed by atoms with Crippen molar-refractivity contribution < 1.29 is 13.2 Å². The zero-order valence-corrected chi connectivity index (χ0v) is 11.5. The molecule has 18 heavy (non-hydrogen) atoms. The lowest BCUT2D eigenvalue weighted by Gasteiger charge is -2.14. The van der Waals surface area contributed by atoms with Gasteiger partial charge in [-0.25, -0.2) is 0 Å². The Labute approximate surface area is 113 Å². The van der Waals surface area contributed by atoms with Gasteiger partial charge in [-0.1, -0.05) is 13.3 Å². The first kappa shape index (κ1) is 15.5. The molecule has 3 nitrogen and oxygen atoms in total. The molecule has 1 aromatic heterocycles. The summed E-state index contributed by atoms with van der Waals surface area (Å²) < 4.78 is 40.1. The molecule has 0 aliphatic carbocycles. The summed E-state index contributed by atoms with van der Waals surface area (Å²) >= 11 is 6.41. The van der Waals surface area contributed by atoms with E-state index in [1.54, 1.807) is 0 Å². The monoisotopic (exact) mass is 301 g/mol. The van der Waals surface area contributed by atoms with Crippen molar-refractivity contribution in [2.75, 3.05) is 17.7 Å². The van der Waals surface area contributed by atoms with Crippen molar-refractivity contribution in [3.8, 4) is 0 Å². The molecule has 1 unspecified atom stereocenters. The van der Waals surface area contributed by atoms with E-state index in [0.29, 0.717) is 18.3 Å². The largest absolute Gasteiger partial charge is 0.452 e. The topological polar surface area (TPSA) is 37.8 Å². The van der Waals surface area contributed by atoms with Crippen molar-refractivity contribution in [2.24, 2.45) is 5.92 Å². The van der Waals surface area contributed by atoms with Crippen LogP contribution in [-0.2, 0) is 6.18 Å². The van der Waals surface area contributed by atoms with Crippen LogP contribution >= 0.6 is 23.1 Å². The summed E-state index contributed by atoms with van der Waals surface area (Å²) in [6, 6.07) is 0. The second-order valence-corrected chi connectivity index (χ2v) is 5.06. The maximum absolute atomic E-state index is 12.3. The van der Waals surface area contributed by atoms with Crippen LogP contribution in [0.1, 0.15) is 32.0 Å². The zero-order valence-electron chi connectivity index (χ0n) is 9.93. The molecule has 8 heteroatoms. The number of alkyl halides is 4. The van der Waals surface area contributed by atoms with Crippen LogP contribution in [0.3, 0.4) is 0 Å². The third-order valence-corrected chi connectivity index (χ3v) is 3.33. The second-order valence-electron chi connectivity index (χ2n) is 3.93. The molecule has 0 amide bonds. The zero-order chi connectivity index (χ0) is 13.6. The molecule has 1 N–H and O–H groups in total. The summed E-state index contributed by atoms with van der Waals surface area (Å²) in [5.41, 5.74) is 0. The average Bonchev–Trinajstić information content (AvgIpc) is 2.75. The average molecular weight is 302 g/mol. The first-order valence-electron chi connectivity index (χ1n) is 5.68. The lowest BCUT2D eigenvalue weighted by Crippen LogP contribution is -2.15. The van der Waals surface area contributed by atoms with Gasteiger partial charge in [0, 0.05) is 24.0 Å². The molecule has 1 aromatic rings. The molecular formula is C10H15ClF3N3S. The SMILES string of the molecule is CCCC(CCCl)CNc1nc(C(F)(F)F)ns1. The van der Waals surface area contributed by atoms with E-state index in [-0.39, 0.29) is 5.13 Å². The van der Waals surface area contributed by atoms with Crippen LogP contribution in [0.2, 0.25) is 0 Å². The Morgan fingerprint density at radius 2 is 2.11 bits per heavy atom. The molecule has 1 heterocycles. The molecule has 0 aliphatic rings. The Balaban J connectivity index is 2.49. The van der Waals surface area contributed by atoms with Gasteiger partial charge in [-0.2, -0.15) is 22.5 Å². The highest BCUT2D eigenvalue weighted by molar-refractivity contribution is 7.09. The molecule has 0 aromatic carbocycles. The van der Waals surface area contributed by atoms with Crippen molar-refractivity contribution in [3.05, 3.63) is 5.82 Å². The second kappa shape index (κ2) is 7.13. The van der Waals surface area contributed by atoms with Crippen LogP contribution < -0.4 is 5.32 Å². The van der Waals surface area contributed by atoms with Crippen LogP contribution in [0.5, 0.6) is 0 Å². The van der Waals surface area contributed by atoms with E-state index < -0.39 is 12.0 Å². The molecule has 1 atom stereocenters. The predicted octanol–water partition coefficient (Wildman–Crippen LogP) is 4.01. The van der Waals surface area contributed by atoms with Gasteiger partial charge < -0.3 is 5.32 Å². The molecule has 1 rings (SSSR count). The molecule has 0 saturated carbocycles. The van der Waals surface area contributed by atoms with Crippen LogP contribution in [0.4, 0.5) is 18.3 Å². The van der Waals surface area contributed by atoms with Gasteiger partial charge in [0.15, 0.2) is 0 Å². The van der Waals surface area contributed by atoms with Crippen LogP contribution in [0, 0.1) is 5.92 Å². The number of halogens is 4. The Bertz CT molecular complexity index is 350. The fraction of sp³-hybridized carbons (Fsp3) is 0.800. The summed E-state index contributed by atoms with van der Waals surface area (Å²) in [5, 5.41) is 3.10. The molecule has 0 bridgehead atoms. The lowest BCUT2D eigenvalue weighted by atomic mass is 10.0. The number of nitrogens with zero attached hydrogens (tertiary/aromatic N) is 2. The fourth-order valence-corrected chi connectivity index (χ4v) is 2.45. The Morgan fingerprint density at radius 1 is 1.39 bits per heavy atom. The molecule has 0 fully saturated rings. The number of rotatable bonds is 7. The van der Waals surface area contributed by atoms with Gasteiger partial charge in [-0.3, -0.25) is 0 Å². The molecule has 0 saturated heterocycles. The first-order valence-corrected chi connectivity index (χ1v) is 6.99. The van der Waals surface area contributed by atoms with E-state index in [2.05, 4.69) is 21.6 Å². The van der Waals surface area contributed by atoms with Crippen LogP contribution in [-0.4, -0.2) is 21.8 Å². The van der Waals surface area contributed by atoms with Gasteiger partial charge in [0.25, 0.3) is 0 Å². The third kappa shape index (κ3) is 4.97. The number of hydrogen-bond acceptors (Lipinski definition) is 4. The number of aromatic nitrogens is 2. The number of hydrogen-bond donors (Lipinski definition) is 1. The van der Waals surface area contributed by atoms with Crippen LogP contribution in [0.25, 0.3) is 0 Å². The predicted molar refractivity (Wildman–Crippen MR) is 67.1 cm³/mol. The lowest BCUT2D eigenvalue weighted by molar-refractivity contribution is -0.144. The van der Waals surface area contributed by atoms with Gasteiger partial charge in [0.1, 0.15) is 0 Å². The minimum atomic E-state index is -4.48. The molecule has 0 spiro atoms.